The number of thiocarbonyl (C=S) groups is 1. The van der Waals surface area contributed by atoms with Gasteiger partial charge in [-0.2, -0.15) is 0 Å². The Morgan fingerprint density at radius 2 is 1.96 bits per heavy atom. The average molecular weight is 384 g/mol. The number of aliphatic carboxylic acids is 1. The number of benzene rings is 2. The van der Waals surface area contributed by atoms with E-state index in [1.54, 1.807) is 42.5 Å². The van der Waals surface area contributed by atoms with Gasteiger partial charge in [0.2, 0.25) is 0 Å². The summed E-state index contributed by atoms with van der Waals surface area (Å²) in [5, 5.41) is 21.2. The molecule has 0 bridgehead atoms. The van der Waals surface area contributed by atoms with Gasteiger partial charge in [-0.1, -0.05) is 66.4 Å². The highest BCUT2D eigenvalue weighted by Gasteiger charge is 2.37. The highest BCUT2D eigenvalue weighted by molar-refractivity contribution is 8.26. The first-order chi connectivity index (χ1) is 12.5. The number of amides is 1. The third-order valence-electron chi connectivity index (χ3n) is 3.85. The molecule has 1 amide bonds. The van der Waals surface area contributed by atoms with E-state index in [4.69, 9.17) is 12.2 Å². The number of carboxylic acids is 1. The zero-order valence-electron chi connectivity index (χ0n) is 13.5. The van der Waals surface area contributed by atoms with Crippen LogP contribution in [-0.2, 0) is 16.0 Å². The summed E-state index contributed by atoms with van der Waals surface area (Å²) in [7, 11) is 0. The second kappa shape index (κ2) is 7.72. The van der Waals surface area contributed by atoms with Crippen LogP contribution in [0.2, 0.25) is 0 Å². The second-order valence-electron chi connectivity index (χ2n) is 5.67. The van der Waals surface area contributed by atoms with E-state index in [1.807, 2.05) is 6.07 Å². The quantitative estimate of drug-likeness (QED) is 0.627. The Labute approximate surface area is 160 Å². The lowest BCUT2D eigenvalue weighted by Gasteiger charge is -2.27. The lowest BCUT2D eigenvalue weighted by Crippen LogP contribution is -2.51. The fourth-order valence-corrected chi connectivity index (χ4v) is 3.99. The van der Waals surface area contributed by atoms with Gasteiger partial charge >= 0.3 is 0 Å². The Morgan fingerprint density at radius 3 is 2.62 bits per heavy atom. The van der Waals surface area contributed by atoms with E-state index in [0.29, 0.717) is 10.5 Å². The van der Waals surface area contributed by atoms with Crippen molar-refractivity contribution in [1.82, 2.24) is 4.90 Å². The van der Waals surface area contributed by atoms with Gasteiger partial charge < -0.3 is 15.0 Å². The minimum atomic E-state index is -1.36. The van der Waals surface area contributed by atoms with Crippen LogP contribution in [0.25, 0.3) is 6.08 Å². The highest BCUT2D eigenvalue weighted by Crippen LogP contribution is 2.34. The van der Waals surface area contributed by atoms with Crippen molar-refractivity contribution in [2.75, 3.05) is 0 Å². The van der Waals surface area contributed by atoms with Crippen LogP contribution in [0.15, 0.2) is 59.5 Å². The SMILES string of the molecule is O=C([O-])[C@@H](Cc1ccccc1)N1C(=O)/C(=C/c2cccc(O)c2)SC1=S. The van der Waals surface area contributed by atoms with Crippen molar-refractivity contribution in [3.63, 3.8) is 0 Å². The van der Waals surface area contributed by atoms with E-state index in [9.17, 15) is 19.8 Å². The van der Waals surface area contributed by atoms with Crippen molar-refractivity contribution in [2.45, 2.75) is 12.5 Å². The van der Waals surface area contributed by atoms with Crippen LogP contribution in [0.4, 0.5) is 0 Å². The molecule has 0 aliphatic carbocycles. The molecule has 0 saturated carbocycles. The molecule has 0 radical (unpaired) electrons. The van der Waals surface area contributed by atoms with Crippen LogP contribution in [0.5, 0.6) is 5.75 Å². The number of rotatable bonds is 5. The van der Waals surface area contributed by atoms with E-state index in [2.05, 4.69) is 0 Å². The Balaban J connectivity index is 1.88. The average Bonchev–Trinajstić information content (AvgIpc) is 2.87. The number of thioether (sulfide) groups is 1. The maximum Gasteiger partial charge on any atom is 0.266 e. The molecule has 1 aliphatic heterocycles. The molecule has 1 heterocycles. The van der Waals surface area contributed by atoms with Gasteiger partial charge in [-0.05, 0) is 35.8 Å². The summed E-state index contributed by atoms with van der Waals surface area (Å²) < 4.78 is 0.173. The fraction of sp³-hybridized carbons (Fsp3) is 0.105. The number of phenols is 1. The summed E-state index contributed by atoms with van der Waals surface area (Å²) >= 11 is 6.27. The number of hydrogen-bond acceptors (Lipinski definition) is 6. The molecule has 3 rings (SSSR count). The molecule has 0 spiro atoms. The van der Waals surface area contributed by atoms with Crippen molar-refractivity contribution in [2.24, 2.45) is 0 Å². The number of phenolic OH excluding ortho intramolecular Hbond substituents is 1. The number of carbonyl (C=O) groups is 2. The molecule has 0 unspecified atom stereocenters. The van der Waals surface area contributed by atoms with Gasteiger partial charge in [0.1, 0.15) is 10.1 Å². The van der Waals surface area contributed by atoms with E-state index in [0.717, 1.165) is 22.2 Å². The monoisotopic (exact) mass is 384 g/mol. The largest absolute Gasteiger partial charge is 0.548 e. The van der Waals surface area contributed by atoms with Gasteiger partial charge in [0.05, 0.1) is 16.9 Å². The first-order valence-electron chi connectivity index (χ1n) is 7.76. The van der Waals surface area contributed by atoms with Crippen molar-refractivity contribution >= 4 is 46.3 Å². The Kier molecular flexibility index (Phi) is 5.39. The topological polar surface area (TPSA) is 80.7 Å². The maximum absolute atomic E-state index is 12.7. The number of nitrogens with zero attached hydrogens (tertiary/aromatic N) is 1. The van der Waals surface area contributed by atoms with Crippen molar-refractivity contribution in [1.29, 1.82) is 0 Å². The highest BCUT2D eigenvalue weighted by atomic mass is 32.2. The van der Waals surface area contributed by atoms with Crippen molar-refractivity contribution in [3.8, 4) is 5.75 Å². The van der Waals surface area contributed by atoms with Gasteiger partial charge in [0.25, 0.3) is 5.91 Å². The predicted molar refractivity (Wildman–Crippen MR) is 102 cm³/mol. The lowest BCUT2D eigenvalue weighted by molar-refractivity contribution is -0.310. The number of carboxylic acid groups (broad SMARTS) is 1. The first-order valence-corrected chi connectivity index (χ1v) is 8.99. The molecule has 1 N–H and O–H groups in total. The normalized spacial score (nSPS) is 16.9. The van der Waals surface area contributed by atoms with Gasteiger partial charge in [-0.25, -0.2) is 0 Å². The molecule has 1 aliphatic rings. The molecule has 2 aromatic rings. The molecule has 1 fully saturated rings. The second-order valence-corrected chi connectivity index (χ2v) is 7.35. The molecule has 132 valence electrons. The van der Waals surface area contributed by atoms with Crippen LogP contribution in [0, 0.1) is 0 Å². The molecular weight excluding hydrogens is 370 g/mol. The van der Waals surface area contributed by atoms with Crippen LogP contribution < -0.4 is 5.11 Å². The predicted octanol–water partition coefficient (Wildman–Crippen LogP) is 1.95. The summed E-state index contributed by atoms with van der Waals surface area (Å²) in [6, 6.07) is 14.2. The fourth-order valence-electron chi connectivity index (χ4n) is 2.63. The Morgan fingerprint density at radius 1 is 1.23 bits per heavy atom. The smallest absolute Gasteiger partial charge is 0.266 e. The summed E-state index contributed by atoms with van der Waals surface area (Å²) in [6.45, 7) is 0. The Bertz CT molecular complexity index is 895. The van der Waals surface area contributed by atoms with E-state index in [-0.39, 0.29) is 16.5 Å². The van der Waals surface area contributed by atoms with E-state index in [1.165, 1.54) is 12.1 Å². The van der Waals surface area contributed by atoms with Gasteiger partial charge in [0.15, 0.2) is 0 Å². The third kappa shape index (κ3) is 3.95. The summed E-state index contributed by atoms with van der Waals surface area (Å²) in [5.41, 5.74) is 1.39. The number of aromatic hydroxyl groups is 1. The minimum Gasteiger partial charge on any atom is -0.548 e. The van der Waals surface area contributed by atoms with Crippen LogP contribution in [0.1, 0.15) is 11.1 Å². The van der Waals surface area contributed by atoms with Crippen LogP contribution >= 0.6 is 24.0 Å². The lowest BCUT2D eigenvalue weighted by atomic mass is 10.0. The van der Waals surface area contributed by atoms with Crippen LogP contribution in [-0.4, -0.2) is 32.2 Å². The molecule has 7 heteroatoms. The Hall–Kier alpha value is -2.64. The molecule has 26 heavy (non-hydrogen) atoms. The molecule has 2 aromatic carbocycles. The summed E-state index contributed by atoms with van der Waals surface area (Å²) in [6.07, 6.45) is 1.68. The standard InChI is InChI=1S/C19H15NO4S2/c21-14-8-4-7-13(9-14)11-16-17(22)20(19(25)26-16)15(18(23)24)10-12-5-2-1-3-6-12/h1-9,11,15,21H,10H2,(H,23,24)/p-1/b16-11-/t15-/m1/s1. The summed E-state index contributed by atoms with van der Waals surface area (Å²) in [5.74, 6) is -1.76. The molecule has 1 saturated heterocycles. The first kappa shape index (κ1) is 18.2. The van der Waals surface area contributed by atoms with Crippen LogP contribution in [0.3, 0.4) is 0 Å². The zero-order valence-corrected chi connectivity index (χ0v) is 15.1. The van der Waals surface area contributed by atoms with Crippen molar-refractivity contribution < 1.29 is 19.8 Å². The third-order valence-corrected chi connectivity index (χ3v) is 5.18. The van der Waals surface area contributed by atoms with E-state index >= 15 is 0 Å². The summed E-state index contributed by atoms with van der Waals surface area (Å²) in [4.78, 5) is 25.8. The molecule has 0 aromatic heterocycles. The number of hydrogen-bond donors (Lipinski definition) is 1. The van der Waals surface area contributed by atoms with Crippen molar-refractivity contribution in [3.05, 3.63) is 70.6 Å². The maximum atomic E-state index is 12.7. The minimum absolute atomic E-state index is 0.0749. The molecular formula is C19H14NO4S2-. The molecule has 1 atom stereocenters. The van der Waals surface area contributed by atoms with Gasteiger partial charge in [-0.3, -0.25) is 9.69 Å². The molecule has 5 nitrogen and oxygen atoms in total. The zero-order chi connectivity index (χ0) is 18.7. The van der Waals surface area contributed by atoms with Gasteiger partial charge in [0, 0.05) is 0 Å². The number of carbonyl (C=O) groups excluding carboxylic acids is 2. The van der Waals surface area contributed by atoms with Gasteiger partial charge in [-0.15, -0.1) is 0 Å². The van der Waals surface area contributed by atoms with E-state index < -0.39 is 17.9 Å².